The van der Waals surface area contributed by atoms with E-state index in [1.807, 2.05) is 30.3 Å². The number of amides is 1. The second-order valence-electron chi connectivity index (χ2n) is 7.34. The van der Waals surface area contributed by atoms with Crippen molar-refractivity contribution in [3.8, 4) is 5.75 Å². The maximum Gasteiger partial charge on any atom is 0.303 e. The number of methoxy groups -OCH3 is 1. The van der Waals surface area contributed by atoms with Crippen molar-refractivity contribution in [3.63, 3.8) is 0 Å². The number of carbonyl (C=O) groups is 3. The van der Waals surface area contributed by atoms with Crippen LogP contribution in [0.25, 0.3) is 5.76 Å². The van der Waals surface area contributed by atoms with Gasteiger partial charge in [-0.3, -0.25) is 14.4 Å². The van der Waals surface area contributed by atoms with Crippen LogP contribution in [0.2, 0.25) is 0 Å². The van der Waals surface area contributed by atoms with Gasteiger partial charge in [-0.05, 0) is 42.7 Å². The van der Waals surface area contributed by atoms with Crippen LogP contribution in [0.3, 0.4) is 0 Å². The zero-order chi connectivity index (χ0) is 22.4. The summed E-state index contributed by atoms with van der Waals surface area (Å²) < 4.78 is 5.14. The summed E-state index contributed by atoms with van der Waals surface area (Å²) in [6, 6.07) is 15.0. The van der Waals surface area contributed by atoms with E-state index in [2.05, 4.69) is 0 Å². The summed E-state index contributed by atoms with van der Waals surface area (Å²) in [4.78, 5) is 37.9. The zero-order valence-corrected chi connectivity index (χ0v) is 17.3. The number of nitrogens with zero attached hydrogens (tertiary/aromatic N) is 1. The van der Waals surface area contributed by atoms with E-state index in [1.165, 1.54) is 12.0 Å². The normalized spacial score (nSPS) is 17.7. The summed E-state index contributed by atoms with van der Waals surface area (Å²) in [5.41, 5.74) is 1.19. The first-order chi connectivity index (χ1) is 14.9. The first-order valence-electron chi connectivity index (χ1n) is 10.1. The second kappa shape index (κ2) is 9.93. The lowest BCUT2D eigenvalue weighted by Gasteiger charge is -2.25. The van der Waals surface area contributed by atoms with Crippen LogP contribution in [0, 0.1) is 0 Å². The molecule has 2 aromatic rings. The maximum atomic E-state index is 12.9. The molecule has 31 heavy (non-hydrogen) atoms. The molecule has 0 aromatic heterocycles. The van der Waals surface area contributed by atoms with Crippen LogP contribution in [0.1, 0.15) is 42.9 Å². The van der Waals surface area contributed by atoms with Gasteiger partial charge in [0.15, 0.2) is 0 Å². The van der Waals surface area contributed by atoms with Gasteiger partial charge in [0.05, 0.1) is 18.7 Å². The molecular formula is C24H25NO6. The van der Waals surface area contributed by atoms with Gasteiger partial charge in [0.2, 0.25) is 0 Å². The molecule has 0 saturated carbocycles. The molecule has 1 aliphatic heterocycles. The molecule has 3 rings (SSSR count). The van der Waals surface area contributed by atoms with Gasteiger partial charge in [0, 0.05) is 18.5 Å². The van der Waals surface area contributed by atoms with Crippen LogP contribution in [-0.4, -0.2) is 46.4 Å². The molecule has 1 atom stereocenters. The van der Waals surface area contributed by atoms with Gasteiger partial charge in [-0.25, -0.2) is 0 Å². The Morgan fingerprint density at radius 3 is 2.26 bits per heavy atom. The highest BCUT2D eigenvalue weighted by Gasteiger charge is 2.45. The number of carboxylic acid groups (broad SMARTS) is 1. The Kier molecular flexibility index (Phi) is 7.07. The lowest BCUT2D eigenvalue weighted by atomic mass is 9.95. The van der Waals surface area contributed by atoms with Gasteiger partial charge < -0.3 is 19.8 Å². The fraction of sp³-hybridized carbons (Fsp3) is 0.292. The summed E-state index contributed by atoms with van der Waals surface area (Å²) in [6.45, 7) is 0.295. The number of aliphatic hydroxyl groups excluding tert-OH is 1. The Hall–Kier alpha value is -3.61. The van der Waals surface area contributed by atoms with Crippen molar-refractivity contribution < 1.29 is 29.3 Å². The molecule has 1 aliphatic rings. The smallest absolute Gasteiger partial charge is 0.303 e. The molecule has 162 valence electrons. The molecule has 2 N–H and O–H groups in total. The third-order valence-corrected chi connectivity index (χ3v) is 5.31. The van der Waals surface area contributed by atoms with Gasteiger partial charge >= 0.3 is 5.97 Å². The van der Waals surface area contributed by atoms with Crippen LogP contribution >= 0.6 is 0 Å². The first kappa shape index (κ1) is 22.1. The molecule has 7 heteroatoms. The molecular weight excluding hydrogens is 398 g/mol. The van der Waals surface area contributed by atoms with Gasteiger partial charge in [-0.15, -0.1) is 0 Å². The summed E-state index contributed by atoms with van der Waals surface area (Å²) in [6.07, 6.45) is 1.75. The highest BCUT2D eigenvalue weighted by molar-refractivity contribution is 6.46. The molecule has 2 aromatic carbocycles. The number of carbonyl (C=O) groups excluding carboxylic acids is 2. The summed E-state index contributed by atoms with van der Waals surface area (Å²) in [7, 11) is 1.53. The van der Waals surface area contributed by atoms with Crippen LogP contribution in [0.15, 0.2) is 60.2 Å². The largest absolute Gasteiger partial charge is 0.507 e. The third kappa shape index (κ3) is 4.94. The van der Waals surface area contributed by atoms with Crippen molar-refractivity contribution in [2.45, 2.75) is 31.7 Å². The monoisotopic (exact) mass is 423 g/mol. The minimum Gasteiger partial charge on any atom is -0.507 e. The summed E-state index contributed by atoms with van der Waals surface area (Å²) in [5.74, 6) is -1.87. The number of benzene rings is 2. The molecule has 1 heterocycles. The first-order valence-corrected chi connectivity index (χ1v) is 10.1. The SMILES string of the molecule is COc1ccc(C(O)=C2C(=O)C(=O)N(CCCCCC(=O)O)[C@@H]2c2ccccc2)cc1. The molecule has 1 amide bonds. The van der Waals surface area contributed by atoms with Crippen molar-refractivity contribution in [3.05, 3.63) is 71.3 Å². The predicted molar refractivity (Wildman–Crippen MR) is 115 cm³/mol. The van der Waals surface area contributed by atoms with E-state index in [4.69, 9.17) is 9.84 Å². The Morgan fingerprint density at radius 1 is 0.968 bits per heavy atom. The fourth-order valence-electron chi connectivity index (χ4n) is 3.73. The van der Waals surface area contributed by atoms with Gasteiger partial charge in [0.1, 0.15) is 11.5 Å². The number of rotatable bonds is 9. The quantitative estimate of drug-likeness (QED) is 0.275. The Labute approximate surface area is 180 Å². The van der Waals surface area contributed by atoms with Crippen LogP contribution in [0.4, 0.5) is 0 Å². The molecule has 7 nitrogen and oxygen atoms in total. The van der Waals surface area contributed by atoms with Crippen molar-refractivity contribution in [2.24, 2.45) is 0 Å². The number of aliphatic hydroxyl groups is 1. The van der Waals surface area contributed by atoms with E-state index >= 15 is 0 Å². The Bertz CT molecular complexity index is 981. The average Bonchev–Trinajstić information content (AvgIpc) is 3.03. The summed E-state index contributed by atoms with van der Waals surface area (Å²) >= 11 is 0. The average molecular weight is 423 g/mol. The maximum absolute atomic E-state index is 12.9. The number of likely N-dealkylation sites (tertiary alicyclic amines) is 1. The van der Waals surface area contributed by atoms with Crippen LogP contribution in [0.5, 0.6) is 5.75 Å². The minimum atomic E-state index is -0.857. The molecule has 0 radical (unpaired) electrons. The van der Waals surface area contributed by atoms with Crippen molar-refractivity contribution in [2.75, 3.05) is 13.7 Å². The number of aliphatic carboxylic acids is 1. The van der Waals surface area contributed by atoms with Crippen molar-refractivity contribution in [1.82, 2.24) is 4.90 Å². The Balaban J connectivity index is 1.94. The van der Waals surface area contributed by atoms with E-state index in [0.717, 1.165) is 5.56 Å². The molecule has 0 aliphatic carbocycles. The minimum absolute atomic E-state index is 0.0481. The van der Waals surface area contributed by atoms with E-state index < -0.39 is 23.7 Å². The Morgan fingerprint density at radius 2 is 1.65 bits per heavy atom. The standard InChI is InChI=1S/C24H25NO6/c1-31-18-13-11-17(12-14-18)22(28)20-21(16-8-4-2-5-9-16)25(24(30)23(20)29)15-7-3-6-10-19(26)27/h2,4-5,8-9,11-14,21,28H,3,6-7,10,15H2,1H3,(H,26,27)/t21-/m1/s1. The topological polar surface area (TPSA) is 104 Å². The zero-order valence-electron chi connectivity index (χ0n) is 17.3. The summed E-state index contributed by atoms with van der Waals surface area (Å²) in [5, 5.41) is 19.7. The number of ether oxygens (including phenoxy) is 1. The van der Waals surface area contributed by atoms with E-state index in [0.29, 0.717) is 37.1 Å². The molecule has 0 bridgehead atoms. The highest BCUT2D eigenvalue weighted by atomic mass is 16.5. The number of hydrogen-bond donors (Lipinski definition) is 2. The van der Waals surface area contributed by atoms with Gasteiger partial charge in [-0.1, -0.05) is 36.8 Å². The predicted octanol–water partition coefficient (Wildman–Crippen LogP) is 3.76. The molecule has 0 unspecified atom stereocenters. The molecule has 1 fully saturated rings. The number of unbranched alkanes of at least 4 members (excludes halogenated alkanes) is 2. The number of ketones is 1. The number of hydrogen-bond acceptors (Lipinski definition) is 5. The lowest BCUT2D eigenvalue weighted by molar-refractivity contribution is -0.140. The lowest BCUT2D eigenvalue weighted by Crippen LogP contribution is -2.30. The van der Waals surface area contributed by atoms with Crippen LogP contribution in [-0.2, 0) is 14.4 Å². The number of carboxylic acids is 1. The van der Waals surface area contributed by atoms with E-state index in [1.54, 1.807) is 24.3 Å². The van der Waals surface area contributed by atoms with Crippen molar-refractivity contribution in [1.29, 1.82) is 0 Å². The highest BCUT2D eigenvalue weighted by Crippen LogP contribution is 2.39. The molecule has 1 saturated heterocycles. The molecule has 0 spiro atoms. The van der Waals surface area contributed by atoms with Gasteiger partial charge in [0.25, 0.3) is 11.7 Å². The van der Waals surface area contributed by atoms with E-state index in [9.17, 15) is 19.5 Å². The van der Waals surface area contributed by atoms with Crippen molar-refractivity contribution >= 4 is 23.4 Å². The van der Waals surface area contributed by atoms with Crippen LogP contribution < -0.4 is 4.74 Å². The number of Topliss-reactive ketones (excluding diaryl/α,β-unsaturated/α-hetero) is 1. The second-order valence-corrected chi connectivity index (χ2v) is 7.34. The fourth-order valence-corrected chi connectivity index (χ4v) is 3.73. The van der Waals surface area contributed by atoms with Gasteiger partial charge in [-0.2, -0.15) is 0 Å². The van der Waals surface area contributed by atoms with E-state index in [-0.39, 0.29) is 17.8 Å². The third-order valence-electron chi connectivity index (χ3n) is 5.31.